The summed E-state index contributed by atoms with van der Waals surface area (Å²) in [7, 11) is 0. The minimum absolute atomic E-state index is 0.134. The first-order valence-electron chi connectivity index (χ1n) is 11.5. The lowest BCUT2D eigenvalue weighted by Gasteiger charge is -2.32. The van der Waals surface area contributed by atoms with Crippen molar-refractivity contribution in [1.29, 1.82) is 0 Å². The van der Waals surface area contributed by atoms with Gasteiger partial charge in [0, 0.05) is 12.6 Å². The van der Waals surface area contributed by atoms with Crippen molar-refractivity contribution in [2.24, 2.45) is 0 Å². The highest BCUT2D eigenvalue weighted by Gasteiger charge is 2.30. The largest absolute Gasteiger partial charge is 0.484 e. The fourth-order valence-corrected chi connectivity index (χ4v) is 4.19. The maximum Gasteiger partial charge on any atom is 0.261 e. The molecule has 0 aromatic heterocycles. The second kappa shape index (κ2) is 11.7. The summed E-state index contributed by atoms with van der Waals surface area (Å²) in [4.78, 5) is 28.0. The molecular formula is C26H33FN2O3. The van der Waals surface area contributed by atoms with Crippen molar-refractivity contribution in [3.05, 3.63) is 65.5 Å². The number of halogens is 1. The quantitative estimate of drug-likeness (QED) is 0.611. The summed E-state index contributed by atoms with van der Waals surface area (Å²) in [5, 5.41) is 3.15. The predicted octanol–water partition coefficient (Wildman–Crippen LogP) is 4.77. The smallest absolute Gasteiger partial charge is 0.261 e. The van der Waals surface area contributed by atoms with Gasteiger partial charge in [0.2, 0.25) is 5.91 Å². The van der Waals surface area contributed by atoms with E-state index in [1.54, 1.807) is 17.0 Å². The summed E-state index contributed by atoms with van der Waals surface area (Å²) >= 11 is 0. The van der Waals surface area contributed by atoms with Crippen LogP contribution in [-0.2, 0) is 16.1 Å². The van der Waals surface area contributed by atoms with Crippen LogP contribution in [0, 0.1) is 12.7 Å². The number of amides is 2. The first-order chi connectivity index (χ1) is 15.5. The number of carbonyl (C=O) groups is 2. The molecule has 0 spiro atoms. The van der Waals surface area contributed by atoms with Crippen LogP contribution in [0.3, 0.4) is 0 Å². The van der Waals surface area contributed by atoms with Crippen molar-refractivity contribution in [2.45, 2.75) is 71.0 Å². The number of rotatable bonds is 9. The summed E-state index contributed by atoms with van der Waals surface area (Å²) < 4.78 is 19.2. The van der Waals surface area contributed by atoms with E-state index in [4.69, 9.17) is 4.74 Å². The van der Waals surface area contributed by atoms with Gasteiger partial charge < -0.3 is 15.0 Å². The Labute approximate surface area is 190 Å². The van der Waals surface area contributed by atoms with Crippen molar-refractivity contribution in [2.75, 3.05) is 6.61 Å². The Morgan fingerprint density at radius 1 is 1.09 bits per heavy atom. The van der Waals surface area contributed by atoms with Crippen LogP contribution >= 0.6 is 0 Å². The fourth-order valence-electron chi connectivity index (χ4n) is 4.19. The van der Waals surface area contributed by atoms with Crippen LogP contribution in [0.4, 0.5) is 4.39 Å². The van der Waals surface area contributed by atoms with Crippen molar-refractivity contribution >= 4 is 11.8 Å². The number of benzene rings is 2. The number of hydrogen-bond acceptors (Lipinski definition) is 3. The van der Waals surface area contributed by atoms with E-state index in [2.05, 4.69) is 5.32 Å². The predicted molar refractivity (Wildman–Crippen MR) is 123 cm³/mol. The monoisotopic (exact) mass is 440 g/mol. The molecule has 1 aliphatic carbocycles. The Morgan fingerprint density at radius 3 is 2.44 bits per heavy atom. The summed E-state index contributed by atoms with van der Waals surface area (Å²) in [5.41, 5.74) is 1.70. The molecule has 0 aliphatic heterocycles. The lowest BCUT2D eigenvalue weighted by Crippen LogP contribution is -2.52. The first-order valence-corrected chi connectivity index (χ1v) is 11.5. The van der Waals surface area contributed by atoms with E-state index in [-0.39, 0.29) is 36.8 Å². The molecule has 1 saturated carbocycles. The van der Waals surface area contributed by atoms with Crippen LogP contribution in [0.15, 0.2) is 48.5 Å². The lowest BCUT2D eigenvalue weighted by molar-refractivity contribution is -0.143. The molecule has 2 aromatic rings. The molecular weight excluding hydrogens is 407 g/mol. The molecule has 1 fully saturated rings. The Hall–Kier alpha value is -2.89. The van der Waals surface area contributed by atoms with Crippen LogP contribution in [-0.4, -0.2) is 35.4 Å². The summed E-state index contributed by atoms with van der Waals surface area (Å²) in [6, 6.07) is 13.1. The van der Waals surface area contributed by atoms with Gasteiger partial charge in [-0.3, -0.25) is 9.59 Å². The standard InChI is InChI=1S/C26H33FN2O3/c1-3-23(26(31)28-22-10-5-4-6-11-22)29(17-20-13-15-21(27)16-14-20)25(30)18-32-24-12-8-7-9-19(24)2/h7-9,12-16,22-23H,3-6,10-11,17-18H2,1-2H3,(H,28,31). The SMILES string of the molecule is CCC(C(=O)NC1CCCCC1)N(Cc1ccc(F)cc1)C(=O)COc1ccccc1C. The fraction of sp³-hybridized carbons (Fsp3) is 0.462. The number of para-hydroxylation sites is 1. The molecule has 1 aliphatic rings. The van der Waals surface area contributed by atoms with Gasteiger partial charge in [-0.2, -0.15) is 0 Å². The van der Waals surface area contributed by atoms with Crippen molar-refractivity contribution in [3.63, 3.8) is 0 Å². The summed E-state index contributed by atoms with van der Waals surface area (Å²) in [6.07, 6.45) is 5.87. The van der Waals surface area contributed by atoms with Crippen LogP contribution in [0.1, 0.15) is 56.6 Å². The molecule has 0 heterocycles. The van der Waals surface area contributed by atoms with E-state index in [9.17, 15) is 14.0 Å². The first kappa shape index (κ1) is 23.8. The number of hydrogen-bond donors (Lipinski definition) is 1. The molecule has 6 heteroatoms. The molecule has 5 nitrogen and oxygen atoms in total. The van der Waals surface area contributed by atoms with Gasteiger partial charge in [-0.25, -0.2) is 4.39 Å². The topological polar surface area (TPSA) is 58.6 Å². The van der Waals surface area contributed by atoms with Gasteiger partial charge >= 0.3 is 0 Å². The minimum Gasteiger partial charge on any atom is -0.484 e. The van der Waals surface area contributed by atoms with E-state index in [0.717, 1.165) is 36.8 Å². The average molecular weight is 441 g/mol. The normalized spacial score (nSPS) is 15.1. The molecule has 1 atom stereocenters. The highest BCUT2D eigenvalue weighted by molar-refractivity contribution is 5.88. The van der Waals surface area contributed by atoms with Crippen molar-refractivity contribution in [3.8, 4) is 5.75 Å². The molecule has 32 heavy (non-hydrogen) atoms. The van der Waals surface area contributed by atoms with Crippen LogP contribution < -0.4 is 10.1 Å². The van der Waals surface area contributed by atoms with Gasteiger partial charge in [0.15, 0.2) is 6.61 Å². The zero-order chi connectivity index (χ0) is 22.9. The maximum atomic E-state index is 13.4. The van der Waals surface area contributed by atoms with E-state index in [1.165, 1.54) is 18.6 Å². The molecule has 0 radical (unpaired) electrons. The lowest BCUT2D eigenvalue weighted by atomic mass is 9.95. The van der Waals surface area contributed by atoms with Crippen molar-refractivity contribution < 1.29 is 18.7 Å². The summed E-state index contributed by atoms with van der Waals surface area (Å²) in [6.45, 7) is 3.87. The molecule has 2 aromatic carbocycles. The zero-order valence-electron chi connectivity index (χ0n) is 19.0. The Bertz CT molecular complexity index is 894. The Balaban J connectivity index is 1.75. The van der Waals surface area contributed by atoms with Gasteiger partial charge in [0.25, 0.3) is 5.91 Å². The van der Waals surface area contributed by atoms with Gasteiger partial charge in [-0.1, -0.05) is 56.5 Å². The third kappa shape index (κ3) is 6.55. The molecule has 3 rings (SSSR count). The number of ether oxygens (including phenoxy) is 1. The van der Waals surface area contributed by atoms with Crippen LogP contribution in [0.2, 0.25) is 0 Å². The highest BCUT2D eigenvalue weighted by atomic mass is 19.1. The van der Waals surface area contributed by atoms with E-state index < -0.39 is 6.04 Å². The number of nitrogens with zero attached hydrogens (tertiary/aromatic N) is 1. The molecule has 172 valence electrons. The molecule has 1 unspecified atom stereocenters. The van der Waals surface area contributed by atoms with Gasteiger partial charge in [0.1, 0.15) is 17.6 Å². The van der Waals surface area contributed by atoms with Gasteiger partial charge in [0.05, 0.1) is 0 Å². The molecule has 1 N–H and O–H groups in total. The second-order valence-electron chi connectivity index (χ2n) is 8.47. The third-order valence-corrected chi connectivity index (χ3v) is 6.05. The van der Waals surface area contributed by atoms with E-state index in [1.807, 2.05) is 38.1 Å². The van der Waals surface area contributed by atoms with Gasteiger partial charge in [-0.15, -0.1) is 0 Å². The number of aryl methyl sites for hydroxylation is 1. The van der Waals surface area contributed by atoms with Crippen LogP contribution in [0.25, 0.3) is 0 Å². The minimum atomic E-state index is -0.616. The zero-order valence-corrected chi connectivity index (χ0v) is 19.0. The second-order valence-corrected chi connectivity index (χ2v) is 8.47. The third-order valence-electron chi connectivity index (χ3n) is 6.05. The van der Waals surface area contributed by atoms with E-state index in [0.29, 0.717) is 12.2 Å². The molecule has 0 bridgehead atoms. The summed E-state index contributed by atoms with van der Waals surface area (Å²) in [5.74, 6) is -0.104. The Morgan fingerprint density at radius 2 is 1.78 bits per heavy atom. The molecule has 2 amide bonds. The van der Waals surface area contributed by atoms with Crippen molar-refractivity contribution in [1.82, 2.24) is 10.2 Å². The van der Waals surface area contributed by atoms with Gasteiger partial charge in [-0.05, 0) is 55.5 Å². The average Bonchev–Trinajstić information content (AvgIpc) is 2.80. The highest BCUT2D eigenvalue weighted by Crippen LogP contribution is 2.20. The van der Waals surface area contributed by atoms with E-state index >= 15 is 0 Å². The number of nitrogens with one attached hydrogen (secondary N) is 1. The Kier molecular flexibility index (Phi) is 8.65. The van der Waals surface area contributed by atoms with Crippen LogP contribution in [0.5, 0.6) is 5.75 Å². The molecule has 0 saturated heterocycles. The number of carbonyl (C=O) groups excluding carboxylic acids is 2. The maximum absolute atomic E-state index is 13.4.